The molecule has 1 aromatic rings. The van der Waals surface area contributed by atoms with Gasteiger partial charge in [-0.1, -0.05) is 23.7 Å². The topological polar surface area (TPSA) is 32.3 Å². The molecule has 1 heterocycles. The van der Waals surface area contributed by atoms with Crippen molar-refractivity contribution < 1.29 is 5.11 Å². The summed E-state index contributed by atoms with van der Waals surface area (Å²) in [5, 5.41) is 13.3. The Morgan fingerprint density at radius 2 is 2.36 bits per heavy atom. The highest BCUT2D eigenvalue weighted by Gasteiger charge is 2.16. The van der Waals surface area contributed by atoms with Crippen LogP contribution in [0.25, 0.3) is 0 Å². The molecule has 0 bridgehead atoms. The zero-order valence-corrected chi connectivity index (χ0v) is 8.72. The van der Waals surface area contributed by atoms with Gasteiger partial charge in [-0.15, -0.1) is 0 Å². The molecule has 1 aliphatic heterocycles. The molecule has 0 spiro atoms. The van der Waals surface area contributed by atoms with Crippen LogP contribution in [0, 0.1) is 0 Å². The minimum atomic E-state index is 0.176. The first-order chi connectivity index (χ1) is 6.81. The van der Waals surface area contributed by atoms with E-state index in [0.717, 1.165) is 24.4 Å². The molecule has 0 fully saturated rings. The van der Waals surface area contributed by atoms with Crippen LogP contribution in [0.5, 0.6) is 0 Å². The van der Waals surface area contributed by atoms with Gasteiger partial charge in [-0.2, -0.15) is 0 Å². The van der Waals surface area contributed by atoms with E-state index in [4.69, 9.17) is 16.7 Å². The predicted octanol–water partition coefficient (Wildman–Crippen LogP) is 1.39. The normalized spacial score (nSPS) is 21.4. The average molecular weight is 212 g/mol. The summed E-state index contributed by atoms with van der Waals surface area (Å²) in [6, 6.07) is 6.17. The molecule has 76 valence electrons. The van der Waals surface area contributed by atoms with Crippen molar-refractivity contribution >= 4 is 11.6 Å². The first kappa shape index (κ1) is 9.97. The van der Waals surface area contributed by atoms with E-state index in [2.05, 4.69) is 11.4 Å². The van der Waals surface area contributed by atoms with Crippen LogP contribution < -0.4 is 5.32 Å². The van der Waals surface area contributed by atoms with Crippen molar-refractivity contribution in [1.29, 1.82) is 0 Å². The zero-order valence-electron chi connectivity index (χ0n) is 7.96. The van der Waals surface area contributed by atoms with Crippen LogP contribution in [0.4, 0.5) is 0 Å². The smallest absolute Gasteiger partial charge is 0.0587 e. The molecule has 0 aromatic heterocycles. The molecule has 2 rings (SSSR count). The maximum atomic E-state index is 9.12. The standard InChI is InChI=1S/C11H14ClNO/c12-11-3-1-2-8-6-9(7-14)13-5-4-10(8)11/h1-3,9,13-14H,4-7H2. The maximum absolute atomic E-state index is 9.12. The van der Waals surface area contributed by atoms with E-state index >= 15 is 0 Å². The minimum absolute atomic E-state index is 0.176. The van der Waals surface area contributed by atoms with Gasteiger partial charge in [-0.05, 0) is 36.6 Å². The second-order valence-corrected chi connectivity index (χ2v) is 4.07. The molecule has 0 saturated carbocycles. The van der Waals surface area contributed by atoms with Crippen LogP contribution in [-0.4, -0.2) is 24.3 Å². The van der Waals surface area contributed by atoms with Gasteiger partial charge in [0, 0.05) is 11.1 Å². The van der Waals surface area contributed by atoms with Gasteiger partial charge in [0.1, 0.15) is 0 Å². The summed E-state index contributed by atoms with van der Waals surface area (Å²) < 4.78 is 0. The molecule has 0 radical (unpaired) electrons. The Bertz CT molecular complexity index is 327. The molecule has 3 heteroatoms. The summed E-state index contributed by atoms with van der Waals surface area (Å²) in [4.78, 5) is 0. The fraction of sp³-hybridized carbons (Fsp3) is 0.455. The predicted molar refractivity (Wildman–Crippen MR) is 57.7 cm³/mol. The summed E-state index contributed by atoms with van der Waals surface area (Å²) >= 11 is 6.12. The number of hydrogen-bond donors (Lipinski definition) is 2. The van der Waals surface area contributed by atoms with Crippen molar-refractivity contribution in [3.8, 4) is 0 Å². The van der Waals surface area contributed by atoms with Gasteiger partial charge in [-0.25, -0.2) is 0 Å². The Kier molecular flexibility index (Phi) is 3.06. The number of nitrogens with one attached hydrogen (secondary N) is 1. The van der Waals surface area contributed by atoms with Crippen LogP contribution in [0.1, 0.15) is 11.1 Å². The zero-order chi connectivity index (χ0) is 9.97. The van der Waals surface area contributed by atoms with E-state index in [-0.39, 0.29) is 12.6 Å². The lowest BCUT2D eigenvalue weighted by atomic mass is 10.0. The van der Waals surface area contributed by atoms with Gasteiger partial charge in [0.05, 0.1) is 6.61 Å². The minimum Gasteiger partial charge on any atom is -0.395 e. The summed E-state index contributed by atoms with van der Waals surface area (Å²) in [6.45, 7) is 1.08. The van der Waals surface area contributed by atoms with E-state index in [9.17, 15) is 0 Å². The monoisotopic (exact) mass is 211 g/mol. The molecule has 0 aliphatic carbocycles. The van der Waals surface area contributed by atoms with Crippen LogP contribution in [-0.2, 0) is 12.8 Å². The maximum Gasteiger partial charge on any atom is 0.0587 e. The Morgan fingerprint density at radius 3 is 3.14 bits per heavy atom. The Balaban J connectivity index is 2.32. The number of rotatable bonds is 1. The molecular weight excluding hydrogens is 198 g/mol. The molecule has 1 unspecified atom stereocenters. The first-order valence-corrected chi connectivity index (χ1v) is 5.29. The van der Waals surface area contributed by atoms with Crippen molar-refractivity contribution in [2.45, 2.75) is 18.9 Å². The highest BCUT2D eigenvalue weighted by Crippen LogP contribution is 2.23. The van der Waals surface area contributed by atoms with Crippen molar-refractivity contribution in [3.63, 3.8) is 0 Å². The summed E-state index contributed by atoms with van der Waals surface area (Å²) in [5.74, 6) is 0. The third-order valence-corrected chi connectivity index (χ3v) is 3.06. The number of fused-ring (bicyclic) bond motifs is 1. The van der Waals surface area contributed by atoms with Crippen molar-refractivity contribution in [1.82, 2.24) is 5.32 Å². The molecule has 1 aliphatic rings. The quantitative estimate of drug-likeness (QED) is 0.736. The van der Waals surface area contributed by atoms with E-state index in [1.54, 1.807) is 0 Å². The lowest BCUT2D eigenvalue weighted by molar-refractivity contribution is 0.244. The van der Waals surface area contributed by atoms with Crippen molar-refractivity contribution in [2.24, 2.45) is 0 Å². The first-order valence-electron chi connectivity index (χ1n) is 4.92. The fourth-order valence-electron chi connectivity index (χ4n) is 1.94. The van der Waals surface area contributed by atoms with Gasteiger partial charge < -0.3 is 10.4 Å². The Labute approximate surface area is 88.9 Å². The number of aliphatic hydroxyl groups excluding tert-OH is 1. The van der Waals surface area contributed by atoms with Gasteiger partial charge in [0.15, 0.2) is 0 Å². The molecule has 0 amide bonds. The van der Waals surface area contributed by atoms with Crippen molar-refractivity contribution in [3.05, 3.63) is 34.3 Å². The highest BCUT2D eigenvalue weighted by atomic mass is 35.5. The SMILES string of the molecule is OCC1Cc2cccc(Cl)c2CCN1. The lowest BCUT2D eigenvalue weighted by Crippen LogP contribution is -2.33. The van der Waals surface area contributed by atoms with Gasteiger partial charge >= 0.3 is 0 Å². The number of hydrogen-bond acceptors (Lipinski definition) is 2. The van der Waals surface area contributed by atoms with E-state index < -0.39 is 0 Å². The Hall–Kier alpha value is -0.570. The number of aliphatic hydroxyl groups is 1. The van der Waals surface area contributed by atoms with Crippen LogP contribution in [0.15, 0.2) is 18.2 Å². The second kappa shape index (κ2) is 4.30. The highest BCUT2D eigenvalue weighted by molar-refractivity contribution is 6.31. The molecule has 14 heavy (non-hydrogen) atoms. The number of benzene rings is 1. The van der Waals surface area contributed by atoms with Crippen molar-refractivity contribution in [2.75, 3.05) is 13.2 Å². The van der Waals surface area contributed by atoms with E-state index in [0.29, 0.717) is 0 Å². The molecule has 0 saturated heterocycles. The van der Waals surface area contributed by atoms with Crippen LogP contribution in [0.2, 0.25) is 5.02 Å². The molecule has 2 nitrogen and oxygen atoms in total. The van der Waals surface area contributed by atoms with E-state index in [1.165, 1.54) is 11.1 Å². The molecular formula is C11H14ClNO. The fourth-order valence-corrected chi connectivity index (χ4v) is 2.23. The molecule has 1 aromatic carbocycles. The molecule has 1 atom stereocenters. The largest absolute Gasteiger partial charge is 0.395 e. The lowest BCUT2D eigenvalue weighted by Gasteiger charge is -2.12. The third kappa shape index (κ3) is 1.92. The van der Waals surface area contributed by atoms with Gasteiger partial charge in [0.25, 0.3) is 0 Å². The van der Waals surface area contributed by atoms with Crippen LogP contribution >= 0.6 is 11.6 Å². The second-order valence-electron chi connectivity index (χ2n) is 3.67. The summed E-state index contributed by atoms with van der Waals surface area (Å²) in [7, 11) is 0. The van der Waals surface area contributed by atoms with E-state index in [1.807, 2.05) is 12.1 Å². The summed E-state index contributed by atoms with van der Waals surface area (Å²) in [6.07, 6.45) is 1.82. The molecule has 2 N–H and O–H groups in total. The van der Waals surface area contributed by atoms with Crippen LogP contribution in [0.3, 0.4) is 0 Å². The summed E-state index contributed by atoms with van der Waals surface area (Å²) in [5.41, 5.74) is 2.50. The average Bonchev–Trinajstić information content (AvgIpc) is 2.40. The Morgan fingerprint density at radius 1 is 1.50 bits per heavy atom. The third-order valence-electron chi connectivity index (χ3n) is 2.71. The number of halogens is 1. The van der Waals surface area contributed by atoms with Gasteiger partial charge in [0.2, 0.25) is 0 Å². The van der Waals surface area contributed by atoms with Gasteiger partial charge in [-0.3, -0.25) is 0 Å².